The molecule has 20 heavy (non-hydrogen) atoms. The Bertz CT molecular complexity index is 524. The molecule has 0 heterocycles. The lowest BCUT2D eigenvalue weighted by Crippen LogP contribution is -2.03. The lowest BCUT2D eigenvalue weighted by Gasteiger charge is -2.20. The second-order valence-electron chi connectivity index (χ2n) is 4.66. The molecule has 0 spiro atoms. The highest BCUT2D eigenvalue weighted by molar-refractivity contribution is 5.43. The van der Waals surface area contributed by atoms with Crippen molar-refractivity contribution in [3.8, 4) is 0 Å². The van der Waals surface area contributed by atoms with Gasteiger partial charge in [-0.2, -0.15) is 0 Å². The Morgan fingerprint density at radius 1 is 1.10 bits per heavy atom. The third-order valence-electron chi connectivity index (χ3n) is 3.23. The molecule has 0 fully saturated rings. The van der Waals surface area contributed by atoms with Crippen molar-refractivity contribution in [3.63, 3.8) is 0 Å². The zero-order valence-corrected chi connectivity index (χ0v) is 12.7. The van der Waals surface area contributed by atoms with E-state index in [0.717, 1.165) is 0 Å². The van der Waals surface area contributed by atoms with E-state index in [1.165, 1.54) is 16.7 Å². The van der Waals surface area contributed by atoms with Gasteiger partial charge >= 0.3 is 0 Å². The molecule has 1 atom stereocenters. The molecule has 0 nitrogen and oxygen atoms in total. The molecule has 0 aliphatic carbocycles. The number of hydrogen-bond donors (Lipinski definition) is 0. The van der Waals surface area contributed by atoms with E-state index in [1.807, 2.05) is 19.1 Å². The van der Waals surface area contributed by atoms with Gasteiger partial charge in [0.25, 0.3) is 0 Å². The highest BCUT2D eigenvalue weighted by atomic mass is 14.2. The van der Waals surface area contributed by atoms with Gasteiger partial charge in [-0.1, -0.05) is 85.0 Å². The van der Waals surface area contributed by atoms with Crippen LogP contribution in [0.4, 0.5) is 0 Å². The lowest BCUT2D eigenvalue weighted by molar-refractivity contribution is 0.942. The summed E-state index contributed by atoms with van der Waals surface area (Å²) in [7, 11) is 0. The standard InChI is InChI=1S/C20H24/c1-5-8-13-17(4)20(18(7-3)14-9-6-2)19-15-11-10-12-16-19/h5-16,20H,2H2,1,3-4H3/b8-5-,14-9-,17-13+,18-7+. The van der Waals surface area contributed by atoms with Crippen molar-refractivity contribution in [1.82, 2.24) is 0 Å². The smallest absolute Gasteiger partial charge is 0.0296 e. The van der Waals surface area contributed by atoms with Crippen LogP contribution in [0.1, 0.15) is 32.3 Å². The van der Waals surface area contributed by atoms with Crippen LogP contribution in [-0.2, 0) is 0 Å². The van der Waals surface area contributed by atoms with Gasteiger partial charge in [-0.3, -0.25) is 0 Å². The van der Waals surface area contributed by atoms with E-state index in [2.05, 4.69) is 81.1 Å². The number of allylic oxidation sites excluding steroid dienone is 9. The molecular formula is C20H24. The van der Waals surface area contributed by atoms with E-state index in [4.69, 9.17) is 0 Å². The molecule has 0 amide bonds. The Labute approximate surface area is 123 Å². The minimum atomic E-state index is 0.286. The summed E-state index contributed by atoms with van der Waals surface area (Å²) in [5.74, 6) is 0.286. The van der Waals surface area contributed by atoms with Gasteiger partial charge in [-0.15, -0.1) is 0 Å². The fourth-order valence-corrected chi connectivity index (χ4v) is 2.25. The van der Waals surface area contributed by atoms with Crippen LogP contribution in [0.5, 0.6) is 0 Å². The average molecular weight is 264 g/mol. The predicted molar refractivity (Wildman–Crippen MR) is 90.8 cm³/mol. The van der Waals surface area contributed by atoms with Crippen molar-refractivity contribution in [2.75, 3.05) is 0 Å². The maximum Gasteiger partial charge on any atom is 0.0296 e. The normalized spacial score (nSPS) is 14.9. The molecule has 0 bridgehead atoms. The first kappa shape index (κ1) is 16.0. The van der Waals surface area contributed by atoms with E-state index in [1.54, 1.807) is 0 Å². The Morgan fingerprint density at radius 2 is 1.80 bits per heavy atom. The van der Waals surface area contributed by atoms with E-state index in [0.29, 0.717) is 0 Å². The third-order valence-corrected chi connectivity index (χ3v) is 3.23. The zero-order chi connectivity index (χ0) is 14.8. The molecule has 0 radical (unpaired) electrons. The van der Waals surface area contributed by atoms with Crippen LogP contribution in [0.25, 0.3) is 0 Å². The Kier molecular flexibility index (Phi) is 7.13. The minimum absolute atomic E-state index is 0.286. The summed E-state index contributed by atoms with van der Waals surface area (Å²) in [6.45, 7) is 10.1. The van der Waals surface area contributed by atoms with Gasteiger partial charge in [-0.05, 0) is 31.9 Å². The quantitative estimate of drug-likeness (QED) is 0.554. The second kappa shape index (κ2) is 8.92. The molecule has 0 N–H and O–H groups in total. The van der Waals surface area contributed by atoms with Crippen LogP contribution < -0.4 is 0 Å². The summed E-state index contributed by atoms with van der Waals surface area (Å²) >= 11 is 0. The molecule has 1 unspecified atom stereocenters. The van der Waals surface area contributed by atoms with Crippen molar-refractivity contribution >= 4 is 0 Å². The monoisotopic (exact) mass is 264 g/mol. The summed E-state index contributed by atoms with van der Waals surface area (Å²) in [5, 5.41) is 0. The molecule has 0 aliphatic rings. The van der Waals surface area contributed by atoms with Gasteiger partial charge in [0.05, 0.1) is 0 Å². The highest BCUT2D eigenvalue weighted by Crippen LogP contribution is 2.32. The van der Waals surface area contributed by atoms with Gasteiger partial charge in [0.15, 0.2) is 0 Å². The summed E-state index contributed by atoms with van der Waals surface area (Å²) < 4.78 is 0. The molecule has 0 aromatic heterocycles. The van der Waals surface area contributed by atoms with Crippen molar-refractivity contribution < 1.29 is 0 Å². The van der Waals surface area contributed by atoms with E-state index in [9.17, 15) is 0 Å². The first-order chi connectivity index (χ1) is 9.74. The third kappa shape index (κ3) is 4.55. The Morgan fingerprint density at radius 3 is 2.35 bits per heavy atom. The molecule has 0 heteroatoms. The van der Waals surface area contributed by atoms with Crippen LogP contribution in [0.3, 0.4) is 0 Å². The maximum atomic E-state index is 3.75. The van der Waals surface area contributed by atoms with Gasteiger partial charge in [0.2, 0.25) is 0 Å². The predicted octanol–water partition coefficient (Wildman–Crippen LogP) is 5.98. The average Bonchev–Trinajstić information content (AvgIpc) is 2.49. The molecule has 104 valence electrons. The van der Waals surface area contributed by atoms with E-state index < -0.39 is 0 Å². The van der Waals surface area contributed by atoms with E-state index >= 15 is 0 Å². The summed E-state index contributed by atoms with van der Waals surface area (Å²) in [6, 6.07) is 10.6. The minimum Gasteiger partial charge on any atom is -0.0991 e. The summed E-state index contributed by atoms with van der Waals surface area (Å²) in [6.07, 6.45) is 14.5. The summed E-state index contributed by atoms with van der Waals surface area (Å²) in [5.41, 5.74) is 3.93. The molecule has 1 aromatic rings. The van der Waals surface area contributed by atoms with Crippen LogP contribution in [0, 0.1) is 0 Å². The second-order valence-corrected chi connectivity index (χ2v) is 4.66. The Hall–Kier alpha value is -2.08. The molecule has 1 aromatic carbocycles. The van der Waals surface area contributed by atoms with Crippen molar-refractivity contribution in [3.05, 3.63) is 96.2 Å². The van der Waals surface area contributed by atoms with Gasteiger partial charge < -0.3 is 0 Å². The maximum absolute atomic E-state index is 3.75. The van der Waals surface area contributed by atoms with Crippen molar-refractivity contribution in [2.45, 2.75) is 26.7 Å². The first-order valence-corrected chi connectivity index (χ1v) is 7.04. The van der Waals surface area contributed by atoms with Crippen molar-refractivity contribution in [2.24, 2.45) is 0 Å². The molecular weight excluding hydrogens is 240 g/mol. The van der Waals surface area contributed by atoms with Gasteiger partial charge in [0.1, 0.15) is 0 Å². The van der Waals surface area contributed by atoms with Gasteiger partial charge in [-0.25, -0.2) is 0 Å². The largest absolute Gasteiger partial charge is 0.0991 e. The number of benzene rings is 1. The van der Waals surface area contributed by atoms with E-state index in [-0.39, 0.29) is 5.92 Å². The topological polar surface area (TPSA) is 0 Å². The Balaban J connectivity index is 3.27. The fourth-order valence-electron chi connectivity index (χ4n) is 2.25. The van der Waals surface area contributed by atoms with Crippen LogP contribution in [-0.4, -0.2) is 0 Å². The lowest BCUT2D eigenvalue weighted by atomic mass is 9.84. The first-order valence-electron chi connectivity index (χ1n) is 7.04. The SMILES string of the molecule is C=C/C=C\C(=C/C)C(/C(C)=C/C=C\C)c1ccccc1. The molecule has 0 saturated heterocycles. The van der Waals surface area contributed by atoms with Crippen LogP contribution in [0.15, 0.2) is 90.6 Å². The zero-order valence-electron chi connectivity index (χ0n) is 12.7. The number of rotatable bonds is 6. The van der Waals surface area contributed by atoms with Crippen LogP contribution >= 0.6 is 0 Å². The fraction of sp³-hybridized carbons (Fsp3) is 0.200. The molecule has 0 aliphatic heterocycles. The summed E-state index contributed by atoms with van der Waals surface area (Å²) in [4.78, 5) is 0. The number of hydrogen-bond acceptors (Lipinski definition) is 0. The highest BCUT2D eigenvalue weighted by Gasteiger charge is 2.15. The van der Waals surface area contributed by atoms with Crippen LogP contribution in [0.2, 0.25) is 0 Å². The molecule has 0 saturated carbocycles. The van der Waals surface area contributed by atoms with Crippen molar-refractivity contribution in [1.29, 1.82) is 0 Å². The molecule has 1 rings (SSSR count). The van der Waals surface area contributed by atoms with Gasteiger partial charge in [0, 0.05) is 5.92 Å².